The maximum absolute atomic E-state index is 15.1. The average molecular weight is 818 g/mol. The molecular weight excluding hydrogens is 770 g/mol. The molecule has 4 atom stereocenters. The lowest BCUT2D eigenvalue weighted by Gasteiger charge is -2.37. The van der Waals surface area contributed by atoms with Crippen molar-refractivity contribution in [2.45, 2.75) is 75.5 Å². The number of ether oxygens (including phenoxy) is 1. The molecule has 2 bridgehead atoms. The lowest BCUT2D eigenvalue weighted by molar-refractivity contribution is -0.135. The van der Waals surface area contributed by atoms with Gasteiger partial charge in [-0.15, -0.1) is 5.10 Å². The Kier molecular flexibility index (Phi) is 10.1. The molecule has 0 radical (unpaired) electrons. The number of imidazole rings is 1. The Labute approximate surface area is 345 Å². The number of nitrogens with one attached hydrogen (secondary N) is 2. The molecule has 2 N–H and O–H groups in total. The number of benzene rings is 1. The van der Waals surface area contributed by atoms with Crippen LogP contribution in [0.3, 0.4) is 0 Å². The predicted octanol–water partition coefficient (Wildman–Crippen LogP) is 3.24. The number of piperidine rings is 1. The van der Waals surface area contributed by atoms with Gasteiger partial charge in [-0.2, -0.15) is 9.49 Å². The number of aryl methyl sites for hydroxylation is 1. The van der Waals surface area contributed by atoms with Gasteiger partial charge in [-0.1, -0.05) is 17.9 Å². The number of halogens is 1. The van der Waals surface area contributed by atoms with Crippen LogP contribution < -0.4 is 16.3 Å². The number of para-hydroxylation sites is 1. The van der Waals surface area contributed by atoms with Gasteiger partial charge in [0.1, 0.15) is 17.3 Å². The second-order valence-electron chi connectivity index (χ2n) is 17.1. The summed E-state index contributed by atoms with van der Waals surface area (Å²) in [7, 11) is 1.69. The van der Waals surface area contributed by atoms with Gasteiger partial charge in [0.15, 0.2) is 5.65 Å². The van der Waals surface area contributed by atoms with Crippen molar-refractivity contribution in [3.05, 3.63) is 76.1 Å². The lowest BCUT2D eigenvalue weighted by Crippen LogP contribution is -2.48. The van der Waals surface area contributed by atoms with Gasteiger partial charge >= 0.3 is 5.69 Å². The third kappa shape index (κ3) is 7.20. The van der Waals surface area contributed by atoms with E-state index in [-0.39, 0.29) is 42.3 Å². The monoisotopic (exact) mass is 817 g/mol. The van der Waals surface area contributed by atoms with Gasteiger partial charge in [-0.3, -0.25) is 38.4 Å². The molecule has 17 heteroatoms. The van der Waals surface area contributed by atoms with Crippen LogP contribution >= 0.6 is 0 Å². The summed E-state index contributed by atoms with van der Waals surface area (Å²) in [6.07, 6.45) is 11.5. The number of anilines is 1. The highest BCUT2D eigenvalue weighted by atomic mass is 19.1. The number of rotatable bonds is 8. The number of imide groups is 1. The Balaban J connectivity index is 0.701. The van der Waals surface area contributed by atoms with E-state index in [1.807, 2.05) is 30.5 Å². The number of fused-ring (bicyclic) bond motifs is 4. The highest BCUT2D eigenvalue weighted by Crippen LogP contribution is 2.45. The summed E-state index contributed by atoms with van der Waals surface area (Å²) in [6.45, 7) is 6.09. The van der Waals surface area contributed by atoms with E-state index in [1.165, 1.54) is 15.3 Å². The van der Waals surface area contributed by atoms with Crippen LogP contribution in [0.4, 0.5) is 10.1 Å². The highest BCUT2D eigenvalue weighted by Gasteiger charge is 2.42. The first-order valence-corrected chi connectivity index (χ1v) is 21.2. The summed E-state index contributed by atoms with van der Waals surface area (Å²) in [5.41, 5.74) is 3.47. The average Bonchev–Trinajstić information content (AvgIpc) is 4.10. The minimum absolute atomic E-state index is 0.0528. The Hall–Kier alpha value is -5.70. The smallest absolute Gasteiger partial charge is 0.329 e. The molecule has 5 aromatic rings. The Morgan fingerprint density at radius 3 is 2.62 bits per heavy atom. The number of hydrogen-bond donors (Lipinski definition) is 2. The minimum atomic E-state index is -0.736. The van der Waals surface area contributed by atoms with E-state index in [2.05, 4.69) is 42.5 Å². The van der Waals surface area contributed by atoms with Gasteiger partial charge in [0.25, 0.3) is 11.9 Å². The third-order valence-electron chi connectivity index (χ3n) is 13.5. The molecule has 312 valence electrons. The van der Waals surface area contributed by atoms with Gasteiger partial charge in [0, 0.05) is 64.0 Å². The lowest BCUT2D eigenvalue weighted by atomic mass is 9.85. The predicted molar refractivity (Wildman–Crippen MR) is 218 cm³/mol. The standard InChI is InChI=1S/C43H48FN11O5/c1-50-38-27(4-2-6-35(38)55(43(50)59)36-11-12-37(56)48-42(36)58)5-3-14-51-16-18-52(19-17-51)23-26-7-9-29(10-8-26)54-24-34(39(44)49-54)47-41(57)32-22-45-53-15-13-33(46-40(32)53)31-21-30-20-28(31)25-60-30/h2,4,6,13,15,22,24,26,28-31,36H,7-12,14,16-21,23,25H2,1H3,(H,47,57)(H,48,56,58)/t26?,28-,29?,30-,31?,36?/m1/s1. The van der Waals surface area contributed by atoms with E-state index >= 15 is 4.39 Å². The zero-order valence-electron chi connectivity index (χ0n) is 33.6. The van der Waals surface area contributed by atoms with Crippen molar-refractivity contribution < 1.29 is 23.5 Å². The quantitative estimate of drug-likeness (QED) is 0.176. The van der Waals surface area contributed by atoms with Gasteiger partial charge < -0.3 is 15.0 Å². The Morgan fingerprint density at radius 2 is 1.85 bits per heavy atom. The van der Waals surface area contributed by atoms with E-state index in [9.17, 15) is 19.2 Å². The third-order valence-corrected chi connectivity index (χ3v) is 13.5. The van der Waals surface area contributed by atoms with Crippen molar-refractivity contribution >= 4 is 40.1 Å². The topological polar surface area (TPSA) is 166 Å². The first-order chi connectivity index (χ1) is 29.2. The fourth-order valence-electron chi connectivity index (χ4n) is 10.2. The molecular formula is C43H48FN11O5. The number of carbonyl (C=O) groups excluding carboxylic acids is 3. The maximum Gasteiger partial charge on any atom is 0.329 e. The Morgan fingerprint density at radius 1 is 1.03 bits per heavy atom. The first-order valence-electron chi connectivity index (χ1n) is 21.2. The molecule has 2 aliphatic carbocycles. The summed E-state index contributed by atoms with van der Waals surface area (Å²) in [5, 5.41) is 13.6. The second kappa shape index (κ2) is 15.7. The molecule has 2 unspecified atom stereocenters. The maximum atomic E-state index is 15.1. The van der Waals surface area contributed by atoms with Crippen LogP contribution in [0, 0.1) is 29.6 Å². The van der Waals surface area contributed by atoms with Gasteiger partial charge in [0.05, 0.1) is 54.3 Å². The molecule has 5 fully saturated rings. The number of hydrogen-bond acceptors (Lipinski definition) is 10. The van der Waals surface area contributed by atoms with Crippen molar-refractivity contribution in [1.29, 1.82) is 0 Å². The molecule has 1 aromatic carbocycles. The number of aromatic nitrogens is 7. The molecule has 7 heterocycles. The number of amides is 3. The summed E-state index contributed by atoms with van der Waals surface area (Å²) in [6, 6.07) is 6.85. The molecule has 3 amide bonds. The van der Waals surface area contributed by atoms with Crippen molar-refractivity contribution in [3.8, 4) is 11.8 Å². The van der Waals surface area contributed by atoms with Crippen LogP contribution in [0.1, 0.15) is 91.0 Å². The van der Waals surface area contributed by atoms with E-state index in [0.29, 0.717) is 46.5 Å². The number of piperazine rings is 1. The van der Waals surface area contributed by atoms with Crippen LogP contribution in [0.15, 0.2) is 47.7 Å². The van der Waals surface area contributed by atoms with E-state index in [4.69, 9.17) is 9.72 Å². The zero-order valence-corrected chi connectivity index (χ0v) is 33.6. The second-order valence-corrected chi connectivity index (χ2v) is 17.1. The normalized spacial score (nSPS) is 26.1. The van der Waals surface area contributed by atoms with Crippen LogP contribution in [0.5, 0.6) is 0 Å². The zero-order chi connectivity index (χ0) is 41.1. The van der Waals surface area contributed by atoms with Gasteiger partial charge in [-0.25, -0.2) is 14.3 Å². The van der Waals surface area contributed by atoms with E-state index in [1.54, 1.807) is 22.4 Å². The van der Waals surface area contributed by atoms with E-state index in [0.717, 1.165) is 89.1 Å². The molecule has 2 saturated carbocycles. The Bertz CT molecular complexity index is 2620. The summed E-state index contributed by atoms with van der Waals surface area (Å²) < 4.78 is 27.2. The van der Waals surface area contributed by atoms with Crippen molar-refractivity contribution in [2.75, 3.05) is 51.2 Å². The summed E-state index contributed by atoms with van der Waals surface area (Å²) in [4.78, 5) is 60.7. The van der Waals surface area contributed by atoms with Crippen LogP contribution in [0.25, 0.3) is 16.7 Å². The summed E-state index contributed by atoms with van der Waals surface area (Å²) >= 11 is 0. The fourth-order valence-corrected chi connectivity index (χ4v) is 10.2. The van der Waals surface area contributed by atoms with Crippen LogP contribution in [-0.2, 0) is 21.4 Å². The fraction of sp³-hybridized carbons (Fsp3) is 0.512. The van der Waals surface area contributed by atoms with Gasteiger partial charge in [0.2, 0.25) is 11.8 Å². The molecule has 3 saturated heterocycles. The SMILES string of the molecule is Cn1c(=O)n(C2CCC(=O)NC2=O)c2cccc(C#CCN3CCN(CC4CCC(n5cc(NC(=O)c6cnn7ccc(C8C[C@H]9C[C@@H]8CO9)nc67)c(F)n5)CC4)CC3)c21. The molecule has 5 aliphatic rings. The minimum Gasteiger partial charge on any atom is -0.378 e. The number of carbonyl (C=O) groups is 3. The first kappa shape index (κ1) is 38.5. The molecule has 4 aromatic heterocycles. The van der Waals surface area contributed by atoms with Crippen molar-refractivity contribution in [3.63, 3.8) is 0 Å². The van der Waals surface area contributed by atoms with Gasteiger partial charge in [-0.05, 0) is 75.0 Å². The molecule has 3 aliphatic heterocycles. The van der Waals surface area contributed by atoms with Crippen molar-refractivity contribution in [2.24, 2.45) is 18.9 Å². The van der Waals surface area contributed by atoms with E-state index < -0.39 is 23.8 Å². The van der Waals surface area contributed by atoms with Crippen LogP contribution in [-0.4, -0.2) is 113 Å². The summed E-state index contributed by atoms with van der Waals surface area (Å²) in [5.74, 6) is 5.95. The highest BCUT2D eigenvalue weighted by molar-refractivity contribution is 6.08. The molecule has 10 rings (SSSR count). The van der Waals surface area contributed by atoms with Crippen molar-refractivity contribution in [1.82, 2.24) is 48.6 Å². The number of nitrogens with zero attached hydrogens (tertiary/aromatic N) is 9. The van der Waals surface area contributed by atoms with Crippen LogP contribution in [0.2, 0.25) is 0 Å². The molecule has 60 heavy (non-hydrogen) atoms. The molecule has 0 spiro atoms. The largest absolute Gasteiger partial charge is 0.378 e. The molecule has 16 nitrogen and oxygen atoms in total.